The molecule has 7 nitrogen and oxygen atoms in total. The first-order valence-electron chi connectivity index (χ1n) is 5.15. The first kappa shape index (κ1) is 12.4. The van der Waals surface area contributed by atoms with Gasteiger partial charge in [-0.1, -0.05) is 11.6 Å². The lowest BCUT2D eigenvalue weighted by Gasteiger charge is -2.04. The van der Waals surface area contributed by atoms with Crippen molar-refractivity contribution in [3.63, 3.8) is 0 Å². The largest absolute Gasteiger partial charge is 0.481 e. The number of nitrogens with zero attached hydrogens (tertiary/aromatic N) is 3. The SMILES string of the molecule is COc1cc(CNc2cn[nH]c(=O)c2Cl)nn1C. The molecule has 0 aliphatic rings. The predicted octanol–water partition coefficient (Wildman–Crippen LogP) is 0.777. The van der Waals surface area contributed by atoms with E-state index in [0.717, 1.165) is 5.69 Å². The quantitative estimate of drug-likeness (QED) is 0.857. The molecule has 0 aliphatic heterocycles. The molecule has 0 saturated carbocycles. The Balaban J connectivity index is 2.11. The third-order valence-electron chi connectivity index (χ3n) is 2.35. The second kappa shape index (κ2) is 5.09. The number of methoxy groups -OCH3 is 1. The van der Waals surface area contributed by atoms with Gasteiger partial charge in [-0.15, -0.1) is 0 Å². The highest BCUT2D eigenvalue weighted by atomic mass is 35.5. The van der Waals surface area contributed by atoms with Crippen LogP contribution in [0.1, 0.15) is 5.69 Å². The fourth-order valence-electron chi connectivity index (χ4n) is 1.48. The minimum atomic E-state index is -0.430. The van der Waals surface area contributed by atoms with Gasteiger partial charge in [0.2, 0.25) is 5.88 Å². The van der Waals surface area contributed by atoms with E-state index in [-0.39, 0.29) is 5.02 Å². The molecule has 2 heterocycles. The molecule has 8 heteroatoms. The van der Waals surface area contributed by atoms with Crippen LogP contribution in [0, 0.1) is 0 Å². The number of halogens is 1. The van der Waals surface area contributed by atoms with Crippen molar-refractivity contribution < 1.29 is 4.74 Å². The van der Waals surface area contributed by atoms with E-state index in [2.05, 4.69) is 20.6 Å². The minimum Gasteiger partial charge on any atom is -0.481 e. The Labute approximate surface area is 108 Å². The zero-order chi connectivity index (χ0) is 13.1. The van der Waals surface area contributed by atoms with Gasteiger partial charge in [-0.3, -0.25) is 4.79 Å². The average Bonchev–Trinajstić information content (AvgIpc) is 2.72. The minimum absolute atomic E-state index is 0.0768. The van der Waals surface area contributed by atoms with E-state index in [1.54, 1.807) is 24.9 Å². The summed E-state index contributed by atoms with van der Waals surface area (Å²) in [5, 5.41) is 13.2. The maximum atomic E-state index is 11.2. The predicted molar refractivity (Wildman–Crippen MR) is 67.0 cm³/mol. The highest BCUT2D eigenvalue weighted by Gasteiger charge is 2.07. The summed E-state index contributed by atoms with van der Waals surface area (Å²) < 4.78 is 6.72. The summed E-state index contributed by atoms with van der Waals surface area (Å²) in [5.74, 6) is 0.655. The van der Waals surface area contributed by atoms with Crippen LogP contribution in [0.25, 0.3) is 0 Å². The molecule has 0 fully saturated rings. The number of aryl methyl sites for hydroxylation is 1. The van der Waals surface area contributed by atoms with Crippen LogP contribution in [0.4, 0.5) is 5.69 Å². The van der Waals surface area contributed by atoms with E-state index < -0.39 is 5.56 Å². The van der Waals surface area contributed by atoms with Gasteiger partial charge < -0.3 is 10.1 Å². The number of ether oxygens (including phenoxy) is 1. The van der Waals surface area contributed by atoms with E-state index in [9.17, 15) is 4.79 Å². The van der Waals surface area contributed by atoms with Crippen molar-refractivity contribution in [1.82, 2.24) is 20.0 Å². The lowest BCUT2D eigenvalue weighted by Crippen LogP contribution is -2.12. The molecule has 2 aromatic rings. The number of aromatic amines is 1. The van der Waals surface area contributed by atoms with Crippen LogP contribution in [0.2, 0.25) is 5.02 Å². The standard InChI is InChI=1S/C10H12ClN5O2/c1-16-8(18-2)3-6(15-16)4-12-7-5-13-14-10(17)9(7)11/h3,5H,4H2,1-2H3,(H2,12,14,17). The Morgan fingerprint density at radius 1 is 1.61 bits per heavy atom. The Bertz CT molecular complexity index is 607. The van der Waals surface area contributed by atoms with Crippen molar-refractivity contribution in [3.8, 4) is 5.88 Å². The van der Waals surface area contributed by atoms with Crippen molar-refractivity contribution in [2.24, 2.45) is 7.05 Å². The normalized spacial score (nSPS) is 10.4. The fraction of sp³-hybridized carbons (Fsp3) is 0.300. The second-order valence-electron chi connectivity index (χ2n) is 3.58. The summed E-state index contributed by atoms with van der Waals surface area (Å²) in [6.07, 6.45) is 1.45. The maximum Gasteiger partial charge on any atom is 0.285 e. The Kier molecular flexibility index (Phi) is 3.52. The van der Waals surface area contributed by atoms with Crippen molar-refractivity contribution in [2.75, 3.05) is 12.4 Å². The zero-order valence-corrected chi connectivity index (χ0v) is 10.7. The molecule has 0 amide bonds. The summed E-state index contributed by atoms with van der Waals surface area (Å²) in [4.78, 5) is 11.2. The van der Waals surface area contributed by atoms with Gasteiger partial charge in [0.1, 0.15) is 5.02 Å². The summed E-state index contributed by atoms with van der Waals surface area (Å²) in [5.41, 5.74) is 0.802. The van der Waals surface area contributed by atoms with E-state index in [4.69, 9.17) is 16.3 Å². The molecular weight excluding hydrogens is 258 g/mol. The molecule has 2 N–H and O–H groups in total. The maximum absolute atomic E-state index is 11.2. The first-order valence-corrected chi connectivity index (χ1v) is 5.53. The lowest BCUT2D eigenvalue weighted by molar-refractivity contribution is 0.373. The van der Waals surface area contributed by atoms with Crippen LogP contribution < -0.4 is 15.6 Å². The van der Waals surface area contributed by atoms with Crippen molar-refractivity contribution in [3.05, 3.63) is 33.3 Å². The average molecular weight is 270 g/mol. The third kappa shape index (κ3) is 2.45. The smallest absolute Gasteiger partial charge is 0.285 e. The zero-order valence-electron chi connectivity index (χ0n) is 9.90. The molecule has 0 aromatic carbocycles. The van der Waals surface area contributed by atoms with Crippen molar-refractivity contribution >= 4 is 17.3 Å². The molecule has 0 unspecified atom stereocenters. The highest BCUT2D eigenvalue weighted by Crippen LogP contribution is 2.17. The summed E-state index contributed by atoms with van der Waals surface area (Å²) in [6, 6.07) is 1.79. The van der Waals surface area contributed by atoms with E-state index in [0.29, 0.717) is 18.1 Å². The number of hydrogen-bond acceptors (Lipinski definition) is 5. The number of anilines is 1. The van der Waals surface area contributed by atoms with Gasteiger partial charge in [0.25, 0.3) is 5.56 Å². The van der Waals surface area contributed by atoms with Crippen LogP contribution in [-0.2, 0) is 13.6 Å². The molecular formula is C10H12ClN5O2. The molecule has 0 bridgehead atoms. The fourth-order valence-corrected chi connectivity index (χ4v) is 1.63. The van der Waals surface area contributed by atoms with Gasteiger partial charge in [0.15, 0.2) is 0 Å². The van der Waals surface area contributed by atoms with Crippen LogP contribution in [-0.4, -0.2) is 27.1 Å². The molecule has 0 radical (unpaired) electrons. The van der Waals surface area contributed by atoms with Gasteiger partial charge in [0, 0.05) is 13.1 Å². The van der Waals surface area contributed by atoms with Crippen LogP contribution >= 0.6 is 11.6 Å². The van der Waals surface area contributed by atoms with Gasteiger partial charge in [-0.05, 0) is 0 Å². The topological polar surface area (TPSA) is 84.8 Å². The summed E-state index contributed by atoms with van der Waals surface area (Å²) in [6.45, 7) is 0.419. The highest BCUT2D eigenvalue weighted by molar-refractivity contribution is 6.32. The Morgan fingerprint density at radius 3 is 3.06 bits per heavy atom. The van der Waals surface area contributed by atoms with Gasteiger partial charge in [0.05, 0.1) is 31.2 Å². The third-order valence-corrected chi connectivity index (χ3v) is 2.73. The lowest BCUT2D eigenvalue weighted by atomic mass is 10.4. The van der Waals surface area contributed by atoms with Gasteiger partial charge >= 0.3 is 0 Å². The van der Waals surface area contributed by atoms with Crippen molar-refractivity contribution in [2.45, 2.75) is 6.54 Å². The van der Waals surface area contributed by atoms with Gasteiger partial charge in [-0.2, -0.15) is 10.2 Å². The molecule has 2 rings (SSSR count). The van der Waals surface area contributed by atoms with E-state index in [1.165, 1.54) is 6.20 Å². The molecule has 0 saturated heterocycles. The molecule has 0 spiro atoms. The van der Waals surface area contributed by atoms with Crippen LogP contribution in [0.3, 0.4) is 0 Å². The molecule has 2 aromatic heterocycles. The summed E-state index contributed by atoms with van der Waals surface area (Å²) in [7, 11) is 3.36. The Morgan fingerprint density at radius 2 is 2.39 bits per heavy atom. The number of hydrogen-bond donors (Lipinski definition) is 2. The molecule has 18 heavy (non-hydrogen) atoms. The van der Waals surface area contributed by atoms with Crippen LogP contribution in [0.15, 0.2) is 17.1 Å². The van der Waals surface area contributed by atoms with Crippen molar-refractivity contribution in [1.29, 1.82) is 0 Å². The molecule has 0 aliphatic carbocycles. The van der Waals surface area contributed by atoms with Gasteiger partial charge in [-0.25, -0.2) is 9.78 Å². The van der Waals surface area contributed by atoms with E-state index in [1.807, 2.05) is 0 Å². The molecule has 0 atom stereocenters. The number of nitrogens with one attached hydrogen (secondary N) is 2. The Hall–Kier alpha value is -2.02. The second-order valence-corrected chi connectivity index (χ2v) is 3.96. The number of aromatic nitrogens is 4. The van der Waals surface area contributed by atoms with Crippen LogP contribution in [0.5, 0.6) is 5.88 Å². The number of H-pyrrole nitrogens is 1. The first-order chi connectivity index (χ1) is 8.61. The summed E-state index contributed by atoms with van der Waals surface area (Å²) >= 11 is 5.83. The number of rotatable bonds is 4. The van der Waals surface area contributed by atoms with E-state index >= 15 is 0 Å². The molecule has 96 valence electrons. The monoisotopic (exact) mass is 269 g/mol.